The number of ketones is 1. The summed E-state index contributed by atoms with van der Waals surface area (Å²) in [6, 6.07) is 0. The molecular formula is C23H36O5. The first kappa shape index (κ1) is 23.1. The molecule has 2 aliphatic rings. The molecule has 1 unspecified atom stereocenters. The van der Waals surface area contributed by atoms with Crippen LogP contribution in [0.1, 0.15) is 71.1 Å². The predicted molar refractivity (Wildman–Crippen MR) is 109 cm³/mol. The molecule has 1 saturated carbocycles. The van der Waals surface area contributed by atoms with E-state index in [4.69, 9.17) is 16.3 Å². The summed E-state index contributed by atoms with van der Waals surface area (Å²) in [5.41, 5.74) is -1.10. The van der Waals surface area contributed by atoms with Gasteiger partial charge in [-0.2, -0.15) is 0 Å². The average Bonchev–Trinajstić information content (AvgIpc) is 3.20. The maximum absolute atomic E-state index is 11.2. The van der Waals surface area contributed by atoms with E-state index in [9.17, 15) is 15.0 Å². The lowest BCUT2D eigenvalue weighted by Crippen LogP contribution is -2.25. The Morgan fingerprint density at radius 2 is 2.11 bits per heavy atom. The van der Waals surface area contributed by atoms with Crippen LogP contribution in [0.5, 0.6) is 0 Å². The normalized spacial score (nSPS) is 31.6. The van der Waals surface area contributed by atoms with Crippen molar-refractivity contribution in [3.8, 4) is 12.3 Å². The first-order valence-corrected chi connectivity index (χ1v) is 10.7. The third-order valence-electron chi connectivity index (χ3n) is 6.23. The summed E-state index contributed by atoms with van der Waals surface area (Å²) in [5, 5.41) is 29.7. The summed E-state index contributed by atoms with van der Waals surface area (Å²) in [5.74, 6) is 2.75. The van der Waals surface area contributed by atoms with E-state index in [0.29, 0.717) is 31.6 Å². The summed E-state index contributed by atoms with van der Waals surface area (Å²) < 4.78 is 6.13. The van der Waals surface area contributed by atoms with Gasteiger partial charge in [0.2, 0.25) is 0 Å². The SMILES string of the molecule is C#CC(O)(CC=C[C@@H]1[C@H]2C[C@H](CCCCC(=O)CO)O[C@@H]2C[C@H]1O)CCCC. The van der Waals surface area contributed by atoms with Crippen LogP contribution in [0.4, 0.5) is 0 Å². The van der Waals surface area contributed by atoms with Gasteiger partial charge in [-0.1, -0.05) is 37.8 Å². The van der Waals surface area contributed by atoms with Gasteiger partial charge in [-0.15, -0.1) is 6.42 Å². The van der Waals surface area contributed by atoms with Gasteiger partial charge in [-0.3, -0.25) is 4.79 Å². The summed E-state index contributed by atoms with van der Waals surface area (Å²) in [7, 11) is 0. The topological polar surface area (TPSA) is 87.0 Å². The lowest BCUT2D eigenvalue weighted by atomic mass is 9.87. The Labute approximate surface area is 169 Å². The van der Waals surface area contributed by atoms with Crippen molar-refractivity contribution in [2.45, 2.75) is 95.0 Å². The van der Waals surface area contributed by atoms with Gasteiger partial charge < -0.3 is 20.1 Å². The molecule has 1 heterocycles. The molecule has 5 nitrogen and oxygen atoms in total. The first-order valence-electron chi connectivity index (χ1n) is 10.7. The number of terminal acetylenes is 1. The van der Waals surface area contributed by atoms with E-state index in [2.05, 4.69) is 12.8 Å². The molecule has 28 heavy (non-hydrogen) atoms. The number of ether oxygens (including phenoxy) is 1. The zero-order valence-electron chi connectivity index (χ0n) is 17.1. The number of aliphatic hydroxyl groups is 3. The van der Waals surface area contributed by atoms with Crippen molar-refractivity contribution in [2.75, 3.05) is 6.61 Å². The Bertz CT molecular complexity index is 566. The summed E-state index contributed by atoms with van der Waals surface area (Å²) in [4.78, 5) is 11.2. The number of aliphatic hydroxyl groups excluding tert-OH is 2. The molecule has 0 aromatic heterocycles. The van der Waals surface area contributed by atoms with Crippen molar-refractivity contribution in [1.29, 1.82) is 0 Å². The van der Waals surface area contributed by atoms with Gasteiger partial charge in [0.05, 0.1) is 18.3 Å². The van der Waals surface area contributed by atoms with Crippen LogP contribution in [0.25, 0.3) is 0 Å². The molecule has 0 aromatic carbocycles. The van der Waals surface area contributed by atoms with Gasteiger partial charge in [-0.05, 0) is 38.0 Å². The number of carbonyl (C=O) groups excluding carboxylic acids is 1. The Hall–Kier alpha value is -1.19. The number of rotatable bonds is 12. The van der Waals surface area contributed by atoms with Crippen LogP contribution in [-0.4, -0.2) is 51.6 Å². The van der Waals surface area contributed by atoms with E-state index in [-0.39, 0.29) is 30.5 Å². The van der Waals surface area contributed by atoms with E-state index in [1.54, 1.807) is 0 Å². The Balaban J connectivity index is 1.81. The average molecular weight is 393 g/mol. The smallest absolute Gasteiger partial charge is 0.158 e. The highest BCUT2D eigenvalue weighted by atomic mass is 16.5. The predicted octanol–water partition coefficient (Wildman–Crippen LogP) is 2.76. The summed E-state index contributed by atoms with van der Waals surface area (Å²) in [6.07, 6.45) is 16.8. The van der Waals surface area contributed by atoms with Gasteiger partial charge in [0.25, 0.3) is 0 Å². The minimum absolute atomic E-state index is 0.0409. The second-order valence-electron chi connectivity index (χ2n) is 8.43. The molecule has 1 aliphatic carbocycles. The van der Waals surface area contributed by atoms with Crippen LogP contribution in [0, 0.1) is 24.2 Å². The number of Topliss-reactive ketones (excluding diaryl/α,β-unsaturated/α-hetero) is 1. The van der Waals surface area contributed by atoms with Gasteiger partial charge in [0.1, 0.15) is 12.2 Å². The molecule has 2 fully saturated rings. The van der Waals surface area contributed by atoms with E-state index in [0.717, 1.165) is 38.5 Å². The number of unbranched alkanes of at least 4 members (excludes halogenated alkanes) is 2. The van der Waals surface area contributed by atoms with Gasteiger partial charge in [0, 0.05) is 25.2 Å². The minimum atomic E-state index is -1.10. The second-order valence-corrected chi connectivity index (χ2v) is 8.43. The number of hydrogen-bond acceptors (Lipinski definition) is 5. The fourth-order valence-electron chi connectivity index (χ4n) is 4.53. The number of hydrogen-bond donors (Lipinski definition) is 3. The summed E-state index contributed by atoms with van der Waals surface area (Å²) >= 11 is 0. The van der Waals surface area contributed by atoms with Crippen molar-refractivity contribution in [3.05, 3.63) is 12.2 Å². The largest absolute Gasteiger partial charge is 0.392 e. The fourth-order valence-corrected chi connectivity index (χ4v) is 4.53. The van der Waals surface area contributed by atoms with Crippen LogP contribution in [0.15, 0.2) is 12.2 Å². The van der Waals surface area contributed by atoms with Crippen molar-refractivity contribution in [3.63, 3.8) is 0 Å². The maximum atomic E-state index is 11.2. The minimum Gasteiger partial charge on any atom is -0.392 e. The van der Waals surface area contributed by atoms with Crippen molar-refractivity contribution >= 4 is 5.78 Å². The van der Waals surface area contributed by atoms with Crippen LogP contribution in [0.2, 0.25) is 0 Å². The maximum Gasteiger partial charge on any atom is 0.158 e. The molecule has 0 amide bonds. The molecule has 0 aromatic rings. The quantitative estimate of drug-likeness (QED) is 0.270. The molecule has 0 spiro atoms. The lowest BCUT2D eigenvalue weighted by molar-refractivity contribution is -0.121. The van der Waals surface area contributed by atoms with E-state index >= 15 is 0 Å². The molecule has 3 N–H and O–H groups in total. The molecule has 2 rings (SSSR count). The molecular weight excluding hydrogens is 356 g/mol. The Morgan fingerprint density at radius 1 is 1.32 bits per heavy atom. The van der Waals surface area contributed by atoms with Crippen LogP contribution in [0.3, 0.4) is 0 Å². The third-order valence-corrected chi connectivity index (χ3v) is 6.23. The molecule has 158 valence electrons. The Kier molecular flexibility index (Phi) is 9.17. The van der Waals surface area contributed by atoms with Crippen LogP contribution < -0.4 is 0 Å². The zero-order valence-corrected chi connectivity index (χ0v) is 17.1. The van der Waals surface area contributed by atoms with Crippen LogP contribution >= 0.6 is 0 Å². The summed E-state index contributed by atoms with van der Waals surface area (Å²) in [6.45, 7) is 1.70. The highest BCUT2D eigenvalue weighted by molar-refractivity contribution is 5.79. The van der Waals surface area contributed by atoms with Gasteiger partial charge in [0.15, 0.2) is 5.78 Å². The molecule has 0 radical (unpaired) electrons. The first-order chi connectivity index (χ1) is 13.4. The van der Waals surface area contributed by atoms with Crippen molar-refractivity contribution < 1.29 is 24.9 Å². The molecule has 1 aliphatic heterocycles. The van der Waals surface area contributed by atoms with Crippen molar-refractivity contribution in [2.24, 2.45) is 11.8 Å². The molecule has 1 saturated heterocycles. The highest BCUT2D eigenvalue weighted by Gasteiger charge is 2.47. The fraction of sp³-hybridized carbons (Fsp3) is 0.783. The molecule has 5 heteroatoms. The van der Waals surface area contributed by atoms with Gasteiger partial charge in [-0.25, -0.2) is 0 Å². The molecule has 6 atom stereocenters. The lowest BCUT2D eigenvalue weighted by Gasteiger charge is -2.21. The van der Waals surface area contributed by atoms with Gasteiger partial charge >= 0.3 is 0 Å². The zero-order chi connectivity index (χ0) is 20.6. The highest BCUT2D eigenvalue weighted by Crippen LogP contribution is 2.45. The number of fused-ring (bicyclic) bond motifs is 1. The van der Waals surface area contributed by atoms with Crippen LogP contribution in [-0.2, 0) is 9.53 Å². The van der Waals surface area contributed by atoms with Crippen molar-refractivity contribution in [1.82, 2.24) is 0 Å². The monoisotopic (exact) mass is 392 g/mol. The molecule has 0 bridgehead atoms. The second kappa shape index (κ2) is 11.1. The van der Waals surface area contributed by atoms with E-state index < -0.39 is 11.7 Å². The Morgan fingerprint density at radius 3 is 2.79 bits per heavy atom. The third kappa shape index (κ3) is 6.42. The van der Waals surface area contributed by atoms with E-state index in [1.165, 1.54) is 0 Å². The number of carbonyl (C=O) groups is 1. The standard InChI is InChI=1S/C23H36O5/c1-3-5-12-23(27,4-2)13-8-11-19-20-14-18(28-22(20)15-21(19)26)10-7-6-9-17(25)16-24/h2,8,11,18-22,24,26-27H,3,5-7,9-10,12-16H2,1H3/t18-,19+,20+,21+,22+,23?/m0/s1. The van der Waals surface area contributed by atoms with E-state index in [1.807, 2.05) is 12.2 Å².